The first-order valence-electron chi connectivity index (χ1n) is 9.85. The molecule has 0 aliphatic carbocycles. The van der Waals surface area contributed by atoms with E-state index >= 15 is 0 Å². The summed E-state index contributed by atoms with van der Waals surface area (Å²) < 4.78 is 0. The fourth-order valence-corrected chi connectivity index (χ4v) is 2.78. The van der Waals surface area contributed by atoms with Gasteiger partial charge in [0.2, 0.25) is 5.91 Å². The maximum Gasteiger partial charge on any atom is 0.217 e. The van der Waals surface area contributed by atoms with Crippen LogP contribution in [0.1, 0.15) is 111 Å². The Labute approximate surface area is 145 Å². The van der Waals surface area contributed by atoms with Gasteiger partial charge in [0.1, 0.15) is 0 Å². The molecule has 0 saturated heterocycles. The van der Waals surface area contributed by atoms with Crippen LogP contribution in [0, 0.1) is 5.41 Å². The van der Waals surface area contributed by atoms with Gasteiger partial charge in [0, 0.05) is 6.42 Å². The van der Waals surface area contributed by atoms with Gasteiger partial charge in [-0.3, -0.25) is 4.79 Å². The van der Waals surface area contributed by atoms with E-state index < -0.39 is 0 Å². The molecule has 0 aliphatic rings. The molecular formula is C21H41NO. The van der Waals surface area contributed by atoms with Crippen LogP contribution < -0.4 is 5.73 Å². The van der Waals surface area contributed by atoms with Crippen molar-refractivity contribution in [2.24, 2.45) is 11.1 Å². The molecule has 0 radical (unpaired) electrons. The average molecular weight is 324 g/mol. The summed E-state index contributed by atoms with van der Waals surface area (Å²) in [6.45, 7) is 7.00. The van der Waals surface area contributed by atoms with E-state index in [4.69, 9.17) is 5.73 Å². The summed E-state index contributed by atoms with van der Waals surface area (Å²) in [5.41, 5.74) is 5.62. The van der Waals surface area contributed by atoms with Crippen LogP contribution in [0.15, 0.2) is 12.2 Å². The zero-order chi connectivity index (χ0) is 17.4. The lowest BCUT2D eigenvalue weighted by atomic mass is 9.89. The minimum Gasteiger partial charge on any atom is -0.370 e. The van der Waals surface area contributed by atoms with Crippen LogP contribution in [0.5, 0.6) is 0 Å². The van der Waals surface area contributed by atoms with Crippen LogP contribution in [0.4, 0.5) is 0 Å². The van der Waals surface area contributed by atoms with Crippen LogP contribution in [0.25, 0.3) is 0 Å². The zero-order valence-corrected chi connectivity index (χ0v) is 16.0. The van der Waals surface area contributed by atoms with Gasteiger partial charge in [-0.2, -0.15) is 0 Å². The fraction of sp³-hybridized carbons (Fsp3) is 0.857. The van der Waals surface area contributed by atoms with Crippen molar-refractivity contribution in [3.63, 3.8) is 0 Å². The second-order valence-electron chi connectivity index (χ2n) is 8.11. The summed E-state index contributed by atoms with van der Waals surface area (Å²) in [5, 5.41) is 0. The fourth-order valence-electron chi connectivity index (χ4n) is 2.78. The molecule has 0 aromatic rings. The molecule has 0 heterocycles. The van der Waals surface area contributed by atoms with Crippen molar-refractivity contribution >= 4 is 5.91 Å². The second-order valence-corrected chi connectivity index (χ2v) is 8.11. The number of hydrogen-bond acceptors (Lipinski definition) is 1. The number of allylic oxidation sites excluding steroid dienone is 2. The molecule has 0 rings (SSSR count). The Morgan fingerprint density at radius 2 is 1.17 bits per heavy atom. The first kappa shape index (κ1) is 22.2. The van der Waals surface area contributed by atoms with Crippen LogP contribution in [-0.4, -0.2) is 5.91 Å². The number of unbranched alkanes of at least 4 members (excludes halogenated alkanes) is 10. The van der Waals surface area contributed by atoms with Crippen molar-refractivity contribution in [2.45, 2.75) is 111 Å². The van der Waals surface area contributed by atoms with Gasteiger partial charge in [-0.25, -0.2) is 0 Å². The van der Waals surface area contributed by atoms with Gasteiger partial charge >= 0.3 is 0 Å². The van der Waals surface area contributed by atoms with Crippen molar-refractivity contribution in [3.8, 4) is 0 Å². The molecule has 136 valence electrons. The van der Waals surface area contributed by atoms with E-state index in [-0.39, 0.29) is 5.91 Å². The number of amides is 1. The minimum atomic E-state index is -0.165. The SMILES string of the molecule is CC(C)(C)CCCCCCC/C=C\CCCCCCCC(N)=O. The molecule has 0 bridgehead atoms. The number of carbonyl (C=O) groups excluding carboxylic acids is 1. The van der Waals surface area contributed by atoms with Gasteiger partial charge in [0.15, 0.2) is 0 Å². The van der Waals surface area contributed by atoms with E-state index in [1.165, 1.54) is 70.6 Å². The summed E-state index contributed by atoms with van der Waals surface area (Å²) in [7, 11) is 0. The highest BCUT2D eigenvalue weighted by Gasteiger charge is 2.08. The van der Waals surface area contributed by atoms with E-state index in [0.29, 0.717) is 11.8 Å². The Morgan fingerprint density at radius 1 is 0.739 bits per heavy atom. The summed E-state index contributed by atoms with van der Waals surface area (Å²) in [4.78, 5) is 10.6. The van der Waals surface area contributed by atoms with Crippen LogP contribution in [0.3, 0.4) is 0 Å². The minimum absolute atomic E-state index is 0.165. The predicted octanol–water partition coefficient (Wildman–Crippen LogP) is 6.54. The van der Waals surface area contributed by atoms with Crippen molar-refractivity contribution in [2.75, 3.05) is 0 Å². The predicted molar refractivity (Wildman–Crippen MR) is 102 cm³/mol. The zero-order valence-electron chi connectivity index (χ0n) is 16.0. The molecule has 0 atom stereocenters. The van der Waals surface area contributed by atoms with Crippen LogP contribution in [-0.2, 0) is 4.79 Å². The Kier molecular flexibility index (Phi) is 14.3. The third-order valence-corrected chi connectivity index (χ3v) is 4.26. The number of hydrogen-bond donors (Lipinski definition) is 1. The maximum absolute atomic E-state index is 10.6. The Hall–Kier alpha value is -0.790. The van der Waals surface area contributed by atoms with E-state index in [0.717, 1.165) is 12.8 Å². The molecule has 1 amide bonds. The lowest BCUT2D eigenvalue weighted by Crippen LogP contribution is -2.09. The first-order valence-corrected chi connectivity index (χ1v) is 9.85. The van der Waals surface area contributed by atoms with Crippen molar-refractivity contribution in [1.82, 2.24) is 0 Å². The van der Waals surface area contributed by atoms with Crippen LogP contribution >= 0.6 is 0 Å². The number of nitrogens with two attached hydrogens (primary N) is 1. The van der Waals surface area contributed by atoms with Crippen LogP contribution in [0.2, 0.25) is 0 Å². The third kappa shape index (κ3) is 21.2. The Morgan fingerprint density at radius 3 is 1.65 bits per heavy atom. The third-order valence-electron chi connectivity index (χ3n) is 4.26. The molecule has 2 heteroatoms. The van der Waals surface area contributed by atoms with Gasteiger partial charge in [0.05, 0.1) is 0 Å². The summed E-state index contributed by atoms with van der Waals surface area (Å²) in [6.07, 6.45) is 21.9. The highest BCUT2D eigenvalue weighted by molar-refractivity contribution is 5.73. The molecule has 0 aliphatic heterocycles. The largest absolute Gasteiger partial charge is 0.370 e. The summed E-state index contributed by atoms with van der Waals surface area (Å²) in [6, 6.07) is 0. The lowest BCUT2D eigenvalue weighted by Gasteiger charge is -2.17. The second kappa shape index (κ2) is 14.8. The lowest BCUT2D eigenvalue weighted by molar-refractivity contribution is -0.118. The monoisotopic (exact) mass is 323 g/mol. The van der Waals surface area contributed by atoms with Gasteiger partial charge in [-0.15, -0.1) is 0 Å². The number of primary amides is 1. The summed E-state index contributed by atoms with van der Waals surface area (Å²) >= 11 is 0. The molecule has 0 saturated carbocycles. The van der Waals surface area contributed by atoms with Crippen molar-refractivity contribution < 1.29 is 4.79 Å². The molecule has 0 spiro atoms. The normalized spacial score (nSPS) is 12.1. The summed E-state index contributed by atoms with van der Waals surface area (Å²) in [5.74, 6) is -0.165. The van der Waals surface area contributed by atoms with E-state index in [1.54, 1.807) is 0 Å². The molecule has 0 aromatic carbocycles. The molecular weight excluding hydrogens is 282 g/mol. The average Bonchev–Trinajstić information content (AvgIpc) is 2.45. The maximum atomic E-state index is 10.6. The Bertz CT molecular complexity index is 301. The highest BCUT2D eigenvalue weighted by Crippen LogP contribution is 2.22. The van der Waals surface area contributed by atoms with E-state index in [9.17, 15) is 4.79 Å². The van der Waals surface area contributed by atoms with E-state index in [1.807, 2.05) is 0 Å². The molecule has 0 unspecified atom stereocenters. The van der Waals surface area contributed by atoms with Gasteiger partial charge < -0.3 is 5.73 Å². The number of rotatable bonds is 15. The smallest absolute Gasteiger partial charge is 0.217 e. The standard InChI is InChI=1S/C21H41NO/c1-21(2,3)19-17-15-13-11-9-7-5-4-6-8-10-12-14-16-18-20(22)23/h4-5H,6-19H2,1-3H3,(H2,22,23)/b5-4-. The topological polar surface area (TPSA) is 43.1 Å². The first-order chi connectivity index (χ1) is 10.9. The molecule has 0 aromatic heterocycles. The van der Waals surface area contributed by atoms with E-state index in [2.05, 4.69) is 32.9 Å². The quantitative estimate of drug-likeness (QED) is 0.270. The molecule has 2 N–H and O–H groups in total. The Balaban J connectivity index is 3.16. The van der Waals surface area contributed by atoms with Crippen molar-refractivity contribution in [1.29, 1.82) is 0 Å². The molecule has 23 heavy (non-hydrogen) atoms. The highest BCUT2D eigenvalue weighted by atomic mass is 16.1. The number of carbonyl (C=O) groups is 1. The van der Waals surface area contributed by atoms with Gasteiger partial charge in [0.25, 0.3) is 0 Å². The van der Waals surface area contributed by atoms with Crippen molar-refractivity contribution in [3.05, 3.63) is 12.2 Å². The molecule has 0 fully saturated rings. The van der Waals surface area contributed by atoms with Gasteiger partial charge in [-0.05, 0) is 43.9 Å². The van der Waals surface area contributed by atoms with Gasteiger partial charge in [-0.1, -0.05) is 77.9 Å². The molecule has 2 nitrogen and oxygen atoms in total.